The Labute approximate surface area is 174 Å². The summed E-state index contributed by atoms with van der Waals surface area (Å²) in [4.78, 5) is 15.8. The van der Waals surface area contributed by atoms with Gasteiger partial charge in [-0.1, -0.05) is 24.3 Å². The standard InChI is InChI=1S/C24H34N2O3/c1-17(2)26(19-9-7-12-25-16-19)24(27)22-15-23(29-14-8-13-28-4)21-11-6-5-10-20(21)18(22)3/h5-6,10-11,15,17,19,25H,7-9,12-14,16H2,1-4H3/t19-/m1/s1. The Hall–Kier alpha value is -2.11. The summed E-state index contributed by atoms with van der Waals surface area (Å²) < 4.78 is 11.2. The quantitative estimate of drug-likeness (QED) is 0.678. The molecule has 2 aromatic carbocycles. The molecule has 1 fully saturated rings. The smallest absolute Gasteiger partial charge is 0.254 e. The second-order valence-corrected chi connectivity index (χ2v) is 8.09. The maximum absolute atomic E-state index is 13.7. The van der Waals surface area contributed by atoms with Gasteiger partial charge in [-0.2, -0.15) is 0 Å². The first-order valence-corrected chi connectivity index (χ1v) is 10.7. The number of benzene rings is 2. The SMILES string of the molecule is COCCCOc1cc(C(=O)N(C(C)C)[C@@H]2CCCNC2)c(C)c2ccccc12. The summed E-state index contributed by atoms with van der Waals surface area (Å²) in [6.45, 7) is 9.36. The summed E-state index contributed by atoms with van der Waals surface area (Å²) >= 11 is 0. The topological polar surface area (TPSA) is 50.8 Å². The molecular formula is C24H34N2O3. The van der Waals surface area contributed by atoms with Crippen molar-refractivity contribution in [2.24, 2.45) is 0 Å². The predicted molar refractivity (Wildman–Crippen MR) is 118 cm³/mol. The number of hydrogen-bond donors (Lipinski definition) is 1. The fourth-order valence-corrected chi connectivity index (χ4v) is 4.25. The Morgan fingerprint density at radius 1 is 1.24 bits per heavy atom. The highest BCUT2D eigenvalue weighted by atomic mass is 16.5. The normalized spacial score (nSPS) is 16.9. The van der Waals surface area contributed by atoms with Gasteiger partial charge in [-0.25, -0.2) is 0 Å². The Bertz CT molecular complexity index is 828. The van der Waals surface area contributed by atoms with Crippen molar-refractivity contribution in [3.63, 3.8) is 0 Å². The molecule has 1 N–H and O–H groups in total. The summed E-state index contributed by atoms with van der Waals surface area (Å²) in [5, 5.41) is 5.57. The molecule has 2 aromatic rings. The lowest BCUT2D eigenvalue weighted by Gasteiger charge is -2.38. The Morgan fingerprint density at radius 2 is 2.00 bits per heavy atom. The minimum atomic E-state index is 0.0960. The molecule has 0 aromatic heterocycles. The van der Waals surface area contributed by atoms with E-state index < -0.39 is 0 Å². The van der Waals surface area contributed by atoms with Gasteiger partial charge in [0.05, 0.1) is 6.61 Å². The van der Waals surface area contributed by atoms with Gasteiger partial charge in [-0.05, 0) is 57.2 Å². The highest BCUT2D eigenvalue weighted by Gasteiger charge is 2.30. The van der Waals surface area contributed by atoms with Crippen molar-refractivity contribution in [2.45, 2.75) is 52.1 Å². The summed E-state index contributed by atoms with van der Waals surface area (Å²) in [6, 6.07) is 10.5. The molecular weight excluding hydrogens is 364 g/mol. The number of nitrogens with zero attached hydrogens (tertiary/aromatic N) is 1. The largest absolute Gasteiger partial charge is 0.493 e. The van der Waals surface area contributed by atoms with E-state index in [1.54, 1.807) is 7.11 Å². The van der Waals surface area contributed by atoms with Crippen LogP contribution in [0.3, 0.4) is 0 Å². The fourth-order valence-electron chi connectivity index (χ4n) is 4.25. The van der Waals surface area contributed by atoms with Crippen LogP contribution in [0.4, 0.5) is 0 Å². The van der Waals surface area contributed by atoms with Crippen molar-refractivity contribution in [2.75, 3.05) is 33.4 Å². The number of hydrogen-bond acceptors (Lipinski definition) is 4. The van der Waals surface area contributed by atoms with Crippen LogP contribution in [0, 0.1) is 6.92 Å². The number of ether oxygens (including phenoxy) is 2. The average molecular weight is 399 g/mol. The van der Waals surface area contributed by atoms with E-state index in [4.69, 9.17) is 9.47 Å². The number of carbonyl (C=O) groups is 1. The minimum Gasteiger partial charge on any atom is -0.493 e. The van der Waals surface area contributed by atoms with Crippen LogP contribution in [-0.2, 0) is 4.74 Å². The molecule has 1 saturated heterocycles. The van der Waals surface area contributed by atoms with E-state index >= 15 is 0 Å². The van der Waals surface area contributed by atoms with Crippen LogP contribution in [0.1, 0.15) is 49.0 Å². The lowest BCUT2D eigenvalue weighted by atomic mass is 9.96. The molecule has 1 atom stereocenters. The molecule has 3 rings (SSSR count). The maximum atomic E-state index is 13.7. The number of piperidine rings is 1. The number of rotatable bonds is 8. The zero-order valence-corrected chi connectivity index (χ0v) is 18.2. The third-order valence-corrected chi connectivity index (χ3v) is 5.71. The van der Waals surface area contributed by atoms with Crippen LogP contribution in [-0.4, -0.2) is 56.3 Å². The third-order valence-electron chi connectivity index (χ3n) is 5.71. The monoisotopic (exact) mass is 398 g/mol. The van der Waals surface area contributed by atoms with Gasteiger partial charge in [0.15, 0.2) is 0 Å². The number of nitrogens with one attached hydrogen (secondary N) is 1. The van der Waals surface area contributed by atoms with Crippen LogP contribution in [0.5, 0.6) is 5.75 Å². The molecule has 158 valence electrons. The Morgan fingerprint density at radius 3 is 2.66 bits per heavy atom. The minimum absolute atomic E-state index is 0.0960. The van der Waals surface area contributed by atoms with Crippen LogP contribution < -0.4 is 10.1 Å². The van der Waals surface area contributed by atoms with E-state index in [-0.39, 0.29) is 18.0 Å². The average Bonchev–Trinajstić information content (AvgIpc) is 2.73. The van der Waals surface area contributed by atoms with Gasteiger partial charge in [0, 0.05) is 49.7 Å². The van der Waals surface area contributed by atoms with Gasteiger partial charge in [0.25, 0.3) is 5.91 Å². The lowest BCUT2D eigenvalue weighted by Crippen LogP contribution is -2.51. The summed E-state index contributed by atoms with van der Waals surface area (Å²) in [6.07, 6.45) is 2.96. The molecule has 0 spiro atoms. The van der Waals surface area contributed by atoms with Crippen LogP contribution in [0.15, 0.2) is 30.3 Å². The van der Waals surface area contributed by atoms with Crippen molar-refractivity contribution in [3.8, 4) is 5.75 Å². The van der Waals surface area contributed by atoms with Gasteiger partial charge in [0.2, 0.25) is 0 Å². The van der Waals surface area contributed by atoms with Crippen molar-refractivity contribution in [1.82, 2.24) is 10.2 Å². The zero-order valence-electron chi connectivity index (χ0n) is 18.2. The number of amides is 1. The third kappa shape index (κ3) is 4.90. The summed E-state index contributed by atoms with van der Waals surface area (Å²) in [5.74, 6) is 0.870. The van der Waals surface area contributed by atoms with Crippen molar-refractivity contribution >= 4 is 16.7 Å². The zero-order chi connectivity index (χ0) is 20.8. The Kier molecular flexibility index (Phi) is 7.51. The van der Waals surface area contributed by atoms with Gasteiger partial charge >= 0.3 is 0 Å². The van der Waals surface area contributed by atoms with Crippen LogP contribution in [0.25, 0.3) is 10.8 Å². The van der Waals surface area contributed by atoms with Crippen molar-refractivity contribution in [1.29, 1.82) is 0 Å². The van der Waals surface area contributed by atoms with E-state index in [1.807, 2.05) is 25.1 Å². The molecule has 0 unspecified atom stereocenters. The number of fused-ring (bicyclic) bond motifs is 1. The van der Waals surface area contributed by atoms with Gasteiger partial charge in [-0.15, -0.1) is 0 Å². The number of aryl methyl sites for hydroxylation is 1. The first-order valence-electron chi connectivity index (χ1n) is 10.7. The van der Waals surface area contributed by atoms with Crippen LogP contribution in [0.2, 0.25) is 0 Å². The molecule has 0 saturated carbocycles. The molecule has 1 aliphatic heterocycles. The second kappa shape index (κ2) is 10.1. The lowest BCUT2D eigenvalue weighted by molar-refractivity contribution is 0.0572. The van der Waals surface area contributed by atoms with E-state index in [0.717, 1.165) is 60.0 Å². The number of methoxy groups -OCH3 is 1. The van der Waals surface area contributed by atoms with E-state index in [9.17, 15) is 4.79 Å². The first-order chi connectivity index (χ1) is 14.0. The molecule has 0 aliphatic carbocycles. The molecule has 1 aliphatic rings. The van der Waals surface area contributed by atoms with Gasteiger partial charge < -0.3 is 19.7 Å². The highest BCUT2D eigenvalue weighted by molar-refractivity contribution is 6.03. The van der Waals surface area contributed by atoms with E-state index in [1.165, 1.54) is 0 Å². The molecule has 5 nitrogen and oxygen atoms in total. The maximum Gasteiger partial charge on any atom is 0.254 e. The van der Waals surface area contributed by atoms with E-state index in [0.29, 0.717) is 13.2 Å². The second-order valence-electron chi connectivity index (χ2n) is 8.09. The highest BCUT2D eigenvalue weighted by Crippen LogP contribution is 2.33. The molecule has 0 radical (unpaired) electrons. The number of carbonyl (C=O) groups excluding carboxylic acids is 1. The van der Waals surface area contributed by atoms with E-state index in [2.05, 4.69) is 36.2 Å². The molecule has 1 amide bonds. The molecule has 1 heterocycles. The first kappa shape index (κ1) is 21.6. The van der Waals surface area contributed by atoms with Crippen LogP contribution >= 0.6 is 0 Å². The predicted octanol–water partition coefficient (Wildman–Crippen LogP) is 4.17. The summed E-state index contributed by atoms with van der Waals surface area (Å²) in [7, 11) is 1.69. The molecule has 0 bridgehead atoms. The summed E-state index contributed by atoms with van der Waals surface area (Å²) in [5.41, 5.74) is 1.76. The fraction of sp³-hybridized carbons (Fsp3) is 0.542. The molecule has 5 heteroatoms. The Balaban J connectivity index is 1.98. The van der Waals surface area contributed by atoms with Crippen molar-refractivity contribution in [3.05, 3.63) is 41.5 Å². The molecule has 29 heavy (non-hydrogen) atoms. The van der Waals surface area contributed by atoms with Gasteiger partial charge in [0.1, 0.15) is 5.75 Å². The van der Waals surface area contributed by atoms with Crippen molar-refractivity contribution < 1.29 is 14.3 Å². The van der Waals surface area contributed by atoms with Gasteiger partial charge in [-0.3, -0.25) is 4.79 Å².